The molecule has 1 aromatic carbocycles. The molecule has 1 aliphatic rings. The van der Waals surface area contributed by atoms with Crippen LogP contribution in [-0.2, 0) is 0 Å². The Morgan fingerprint density at radius 1 is 1.07 bits per heavy atom. The van der Waals surface area contributed by atoms with Crippen LogP contribution in [0.5, 0.6) is 0 Å². The van der Waals surface area contributed by atoms with Crippen LogP contribution < -0.4 is 10.6 Å². The first-order chi connectivity index (χ1) is 13.5. The lowest BCUT2D eigenvalue weighted by Crippen LogP contribution is -2.39. The molecule has 1 saturated heterocycles. The zero-order chi connectivity index (χ0) is 19.8. The number of nitrogens with one attached hydrogen (secondary N) is 2. The molecule has 0 bridgehead atoms. The Bertz CT molecular complexity index is 737. The van der Waals surface area contributed by atoms with Gasteiger partial charge in [-0.1, -0.05) is 38.5 Å². The lowest BCUT2D eigenvalue weighted by molar-refractivity contribution is 0.187. The molecule has 2 N–H and O–H groups in total. The molecule has 5 nitrogen and oxygen atoms in total. The third-order valence-electron chi connectivity index (χ3n) is 5.42. The van der Waals surface area contributed by atoms with E-state index >= 15 is 0 Å². The summed E-state index contributed by atoms with van der Waals surface area (Å²) in [6.45, 7) is 8.67. The fraction of sp³-hybridized carbons (Fsp3) is 0.478. The number of piperidine rings is 1. The van der Waals surface area contributed by atoms with Crippen LogP contribution in [0.3, 0.4) is 0 Å². The van der Waals surface area contributed by atoms with Gasteiger partial charge in [-0.15, -0.1) is 0 Å². The first kappa shape index (κ1) is 20.3. The molecule has 3 rings (SSSR count). The van der Waals surface area contributed by atoms with Gasteiger partial charge in [0.2, 0.25) is 0 Å². The van der Waals surface area contributed by atoms with E-state index in [9.17, 15) is 4.79 Å². The van der Waals surface area contributed by atoms with Crippen molar-refractivity contribution in [2.24, 2.45) is 5.41 Å². The van der Waals surface area contributed by atoms with Crippen molar-refractivity contribution in [2.45, 2.75) is 39.5 Å². The Morgan fingerprint density at radius 2 is 1.82 bits per heavy atom. The molecule has 0 aliphatic carbocycles. The number of rotatable bonds is 7. The number of urea groups is 1. The van der Waals surface area contributed by atoms with Crippen molar-refractivity contribution in [3.8, 4) is 11.1 Å². The highest BCUT2D eigenvalue weighted by molar-refractivity contribution is 5.89. The number of likely N-dealkylation sites (tertiary alicyclic amines) is 1. The number of carbonyl (C=O) groups excluding carboxylic acids is 1. The van der Waals surface area contributed by atoms with E-state index in [1.165, 1.54) is 32.4 Å². The third kappa shape index (κ3) is 6.34. The van der Waals surface area contributed by atoms with Gasteiger partial charge in [-0.05, 0) is 73.6 Å². The molecule has 1 aromatic heterocycles. The van der Waals surface area contributed by atoms with Crippen molar-refractivity contribution >= 4 is 11.7 Å². The van der Waals surface area contributed by atoms with Gasteiger partial charge in [0.15, 0.2) is 0 Å². The summed E-state index contributed by atoms with van der Waals surface area (Å²) in [5.41, 5.74) is 3.02. The van der Waals surface area contributed by atoms with E-state index in [1.54, 1.807) is 6.20 Å². The molecule has 0 atom stereocenters. The van der Waals surface area contributed by atoms with Crippen LogP contribution in [0.15, 0.2) is 48.8 Å². The minimum absolute atomic E-state index is 0.0823. The van der Waals surface area contributed by atoms with Gasteiger partial charge in [-0.25, -0.2) is 4.79 Å². The Morgan fingerprint density at radius 3 is 2.50 bits per heavy atom. The highest BCUT2D eigenvalue weighted by atomic mass is 16.2. The average Bonchev–Trinajstić information content (AvgIpc) is 2.73. The first-order valence-corrected chi connectivity index (χ1v) is 10.3. The normalized spacial score (nSPS) is 15.2. The second kappa shape index (κ2) is 9.69. The minimum atomic E-state index is -0.153. The van der Waals surface area contributed by atoms with Gasteiger partial charge in [0.1, 0.15) is 0 Å². The molecule has 2 amide bonds. The SMILES string of the molecule is CC(C)(CCN1CCCCC1)CNC(=O)Nc1ccc(-c2cccnc2)cc1. The summed E-state index contributed by atoms with van der Waals surface area (Å²) in [6, 6.07) is 11.6. The van der Waals surface area contributed by atoms with Crippen molar-refractivity contribution in [3.63, 3.8) is 0 Å². The molecule has 0 radical (unpaired) electrons. The monoisotopic (exact) mass is 380 g/mol. The van der Waals surface area contributed by atoms with E-state index in [2.05, 4.69) is 34.4 Å². The van der Waals surface area contributed by atoms with Crippen molar-refractivity contribution < 1.29 is 4.79 Å². The summed E-state index contributed by atoms with van der Waals surface area (Å²) in [5.74, 6) is 0. The molecular weight excluding hydrogens is 348 g/mol. The molecular formula is C23H32N4O. The molecule has 1 fully saturated rings. The second-order valence-electron chi connectivity index (χ2n) is 8.44. The Balaban J connectivity index is 1.43. The van der Waals surface area contributed by atoms with E-state index in [4.69, 9.17) is 0 Å². The van der Waals surface area contributed by atoms with Crippen LogP contribution in [0.25, 0.3) is 11.1 Å². The smallest absolute Gasteiger partial charge is 0.319 e. The lowest BCUT2D eigenvalue weighted by atomic mass is 9.89. The summed E-state index contributed by atoms with van der Waals surface area (Å²) in [4.78, 5) is 19.0. The maximum absolute atomic E-state index is 12.3. The summed E-state index contributed by atoms with van der Waals surface area (Å²) in [6.07, 6.45) is 8.69. The van der Waals surface area contributed by atoms with E-state index in [1.807, 2.05) is 42.6 Å². The van der Waals surface area contributed by atoms with Crippen LogP contribution in [0, 0.1) is 5.41 Å². The average molecular weight is 381 g/mol. The highest BCUT2D eigenvalue weighted by Gasteiger charge is 2.21. The van der Waals surface area contributed by atoms with Gasteiger partial charge < -0.3 is 15.5 Å². The number of hydrogen-bond acceptors (Lipinski definition) is 3. The van der Waals surface area contributed by atoms with Crippen molar-refractivity contribution in [1.29, 1.82) is 0 Å². The van der Waals surface area contributed by atoms with Crippen molar-refractivity contribution in [3.05, 3.63) is 48.8 Å². The Labute approximate surface area is 168 Å². The number of aromatic nitrogens is 1. The van der Waals surface area contributed by atoms with E-state index in [0.29, 0.717) is 6.54 Å². The minimum Gasteiger partial charge on any atom is -0.337 e. The molecule has 0 saturated carbocycles. The topological polar surface area (TPSA) is 57.3 Å². The highest BCUT2D eigenvalue weighted by Crippen LogP contribution is 2.22. The van der Waals surface area contributed by atoms with Gasteiger partial charge in [0.05, 0.1) is 0 Å². The molecule has 0 unspecified atom stereocenters. The quantitative estimate of drug-likeness (QED) is 0.727. The van der Waals surface area contributed by atoms with Crippen LogP contribution >= 0.6 is 0 Å². The van der Waals surface area contributed by atoms with Crippen LogP contribution in [0.1, 0.15) is 39.5 Å². The zero-order valence-electron chi connectivity index (χ0n) is 17.1. The Hall–Kier alpha value is -2.40. The van der Waals surface area contributed by atoms with E-state index in [-0.39, 0.29) is 11.4 Å². The summed E-state index contributed by atoms with van der Waals surface area (Å²) in [7, 11) is 0. The molecule has 5 heteroatoms. The fourth-order valence-corrected chi connectivity index (χ4v) is 3.51. The summed E-state index contributed by atoms with van der Waals surface area (Å²) in [5, 5.41) is 5.95. The molecule has 28 heavy (non-hydrogen) atoms. The predicted octanol–water partition coefficient (Wildman–Crippen LogP) is 4.77. The Kier molecular flexibility index (Phi) is 7.04. The molecule has 1 aliphatic heterocycles. The van der Waals surface area contributed by atoms with Gasteiger partial charge in [-0.3, -0.25) is 4.98 Å². The van der Waals surface area contributed by atoms with Crippen molar-refractivity contribution in [1.82, 2.24) is 15.2 Å². The first-order valence-electron chi connectivity index (χ1n) is 10.3. The van der Waals surface area contributed by atoms with Crippen LogP contribution in [0.2, 0.25) is 0 Å². The van der Waals surface area contributed by atoms with Gasteiger partial charge >= 0.3 is 6.03 Å². The van der Waals surface area contributed by atoms with Crippen LogP contribution in [-0.4, -0.2) is 42.1 Å². The number of nitrogens with zero attached hydrogens (tertiary/aromatic N) is 2. The number of anilines is 1. The summed E-state index contributed by atoms with van der Waals surface area (Å²) < 4.78 is 0. The van der Waals surface area contributed by atoms with E-state index in [0.717, 1.165) is 29.8 Å². The predicted molar refractivity (Wildman–Crippen MR) is 115 cm³/mol. The molecule has 0 spiro atoms. The number of amides is 2. The lowest BCUT2D eigenvalue weighted by Gasteiger charge is -2.31. The summed E-state index contributed by atoms with van der Waals surface area (Å²) >= 11 is 0. The van der Waals surface area contributed by atoms with E-state index < -0.39 is 0 Å². The fourth-order valence-electron chi connectivity index (χ4n) is 3.51. The standard InChI is InChI=1S/C23H32N4O/c1-23(2,12-16-27-14-4-3-5-15-27)18-25-22(28)26-21-10-8-19(9-11-21)20-7-6-13-24-17-20/h6-11,13,17H,3-5,12,14-16,18H2,1-2H3,(H2,25,26,28). The number of hydrogen-bond donors (Lipinski definition) is 2. The maximum Gasteiger partial charge on any atom is 0.319 e. The molecule has 2 aromatic rings. The number of carbonyl (C=O) groups is 1. The van der Waals surface area contributed by atoms with Gasteiger partial charge in [0.25, 0.3) is 0 Å². The van der Waals surface area contributed by atoms with Gasteiger partial charge in [0, 0.05) is 24.6 Å². The largest absolute Gasteiger partial charge is 0.337 e. The van der Waals surface area contributed by atoms with Crippen LogP contribution in [0.4, 0.5) is 10.5 Å². The third-order valence-corrected chi connectivity index (χ3v) is 5.42. The molecule has 2 heterocycles. The van der Waals surface area contributed by atoms with Crippen molar-refractivity contribution in [2.75, 3.05) is 31.5 Å². The number of pyridine rings is 1. The van der Waals surface area contributed by atoms with Gasteiger partial charge in [-0.2, -0.15) is 0 Å². The maximum atomic E-state index is 12.3. The number of benzene rings is 1. The molecule has 150 valence electrons. The zero-order valence-corrected chi connectivity index (χ0v) is 17.1. The second-order valence-corrected chi connectivity index (χ2v) is 8.44.